The second-order valence-corrected chi connectivity index (χ2v) is 5.77. The zero-order valence-electron chi connectivity index (χ0n) is 11.2. The molecule has 1 aliphatic rings. The minimum Gasteiger partial charge on any atom is -0.390 e. The number of hydrogen-bond acceptors (Lipinski definition) is 1. The van der Waals surface area contributed by atoms with Gasteiger partial charge in [-0.3, -0.25) is 0 Å². The first-order valence-electron chi connectivity index (χ1n) is 6.61. The lowest BCUT2D eigenvalue weighted by molar-refractivity contribution is -0.0847. The van der Waals surface area contributed by atoms with Gasteiger partial charge in [0.2, 0.25) is 0 Å². The lowest BCUT2D eigenvalue weighted by Gasteiger charge is -2.44. The second-order valence-electron chi connectivity index (χ2n) is 5.77. The van der Waals surface area contributed by atoms with Gasteiger partial charge in [0.05, 0.1) is 5.60 Å². The first-order chi connectivity index (χ1) is 7.49. The van der Waals surface area contributed by atoms with Gasteiger partial charge in [0.25, 0.3) is 0 Å². The Kier molecular flexibility index (Phi) is 4.87. The summed E-state index contributed by atoms with van der Waals surface area (Å²) in [5.74, 6) is 7.70. The highest BCUT2D eigenvalue weighted by molar-refractivity contribution is 5.00. The third kappa shape index (κ3) is 3.25. The topological polar surface area (TPSA) is 20.2 Å². The van der Waals surface area contributed by atoms with Crippen molar-refractivity contribution in [2.24, 2.45) is 17.8 Å². The fourth-order valence-electron chi connectivity index (χ4n) is 3.23. The van der Waals surface area contributed by atoms with Crippen molar-refractivity contribution in [1.29, 1.82) is 0 Å². The van der Waals surface area contributed by atoms with Crippen molar-refractivity contribution in [3.8, 4) is 11.8 Å². The van der Waals surface area contributed by atoms with E-state index in [0.717, 1.165) is 19.3 Å². The molecule has 0 bridgehead atoms. The van der Waals surface area contributed by atoms with E-state index in [1.807, 2.05) is 6.92 Å². The number of rotatable bonds is 3. The summed E-state index contributed by atoms with van der Waals surface area (Å²) in [4.78, 5) is 0. The van der Waals surface area contributed by atoms with E-state index >= 15 is 0 Å². The van der Waals surface area contributed by atoms with E-state index in [0.29, 0.717) is 17.8 Å². The van der Waals surface area contributed by atoms with E-state index in [1.54, 1.807) is 0 Å². The lowest BCUT2D eigenvalue weighted by atomic mass is 9.65. The maximum atomic E-state index is 10.8. The van der Waals surface area contributed by atoms with E-state index in [2.05, 4.69) is 32.6 Å². The molecule has 16 heavy (non-hydrogen) atoms. The maximum Gasteiger partial charge on any atom is 0.0689 e. The van der Waals surface area contributed by atoms with Gasteiger partial charge >= 0.3 is 0 Å². The van der Waals surface area contributed by atoms with Crippen LogP contribution in [0.3, 0.4) is 0 Å². The van der Waals surface area contributed by atoms with Crippen molar-refractivity contribution in [2.45, 2.75) is 65.4 Å². The van der Waals surface area contributed by atoms with Crippen LogP contribution in [0.5, 0.6) is 0 Å². The normalized spacial score (nSPS) is 34.6. The van der Waals surface area contributed by atoms with Crippen molar-refractivity contribution in [3.63, 3.8) is 0 Å². The molecule has 1 fully saturated rings. The monoisotopic (exact) mass is 222 g/mol. The number of aliphatic hydroxyl groups is 1. The highest BCUT2D eigenvalue weighted by Crippen LogP contribution is 2.43. The molecule has 0 aromatic carbocycles. The summed E-state index contributed by atoms with van der Waals surface area (Å²) in [7, 11) is 0. The van der Waals surface area contributed by atoms with E-state index in [9.17, 15) is 5.11 Å². The lowest BCUT2D eigenvalue weighted by Crippen LogP contribution is -2.45. The van der Waals surface area contributed by atoms with Crippen molar-refractivity contribution >= 4 is 0 Å². The van der Waals surface area contributed by atoms with Crippen molar-refractivity contribution < 1.29 is 5.11 Å². The molecular weight excluding hydrogens is 196 g/mol. The summed E-state index contributed by atoms with van der Waals surface area (Å²) in [6.45, 7) is 8.59. The zero-order valence-corrected chi connectivity index (χ0v) is 11.2. The fourth-order valence-corrected chi connectivity index (χ4v) is 3.23. The Morgan fingerprint density at radius 2 is 2.06 bits per heavy atom. The van der Waals surface area contributed by atoms with Gasteiger partial charge in [0.1, 0.15) is 0 Å². The van der Waals surface area contributed by atoms with E-state index in [-0.39, 0.29) is 0 Å². The molecular formula is C15H26O. The first kappa shape index (κ1) is 13.6. The minimum absolute atomic E-state index is 0.461. The van der Waals surface area contributed by atoms with Gasteiger partial charge in [-0.25, -0.2) is 0 Å². The molecule has 0 aromatic heterocycles. The molecule has 1 rings (SSSR count). The SMILES string of the molecule is CC#CCCC1(O)CC(C)CCC1C(C)C. The molecule has 0 radical (unpaired) electrons. The van der Waals surface area contributed by atoms with E-state index < -0.39 is 5.60 Å². The van der Waals surface area contributed by atoms with Crippen LogP contribution in [-0.4, -0.2) is 10.7 Å². The van der Waals surface area contributed by atoms with Crippen molar-refractivity contribution in [2.75, 3.05) is 0 Å². The van der Waals surface area contributed by atoms with Crippen LogP contribution in [0.1, 0.15) is 59.8 Å². The predicted octanol–water partition coefficient (Wildman–Crippen LogP) is 3.61. The van der Waals surface area contributed by atoms with Gasteiger partial charge in [-0.05, 0) is 43.9 Å². The Balaban J connectivity index is 2.70. The molecule has 1 heteroatoms. The van der Waals surface area contributed by atoms with Gasteiger partial charge in [-0.1, -0.05) is 27.2 Å². The highest BCUT2D eigenvalue weighted by Gasteiger charge is 2.41. The Hall–Kier alpha value is -0.480. The average Bonchev–Trinajstić information content (AvgIpc) is 2.16. The summed E-state index contributed by atoms with van der Waals surface area (Å²) in [6, 6.07) is 0. The molecule has 1 aliphatic carbocycles. The molecule has 0 aromatic rings. The largest absolute Gasteiger partial charge is 0.390 e. The van der Waals surface area contributed by atoms with Crippen LogP contribution in [0, 0.1) is 29.6 Å². The molecule has 0 spiro atoms. The zero-order chi connectivity index (χ0) is 12.2. The van der Waals surface area contributed by atoms with Crippen LogP contribution in [0.2, 0.25) is 0 Å². The van der Waals surface area contributed by atoms with Crippen LogP contribution < -0.4 is 0 Å². The van der Waals surface area contributed by atoms with Crippen LogP contribution in [0.25, 0.3) is 0 Å². The predicted molar refractivity (Wildman–Crippen MR) is 69.0 cm³/mol. The van der Waals surface area contributed by atoms with Crippen LogP contribution in [-0.2, 0) is 0 Å². The van der Waals surface area contributed by atoms with Gasteiger partial charge < -0.3 is 5.11 Å². The second kappa shape index (κ2) is 5.73. The van der Waals surface area contributed by atoms with Gasteiger partial charge in [-0.15, -0.1) is 11.8 Å². The van der Waals surface area contributed by atoms with Gasteiger partial charge in [0, 0.05) is 6.42 Å². The Morgan fingerprint density at radius 3 is 2.62 bits per heavy atom. The maximum absolute atomic E-state index is 10.8. The third-order valence-corrected chi connectivity index (χ3v) is 4.03. The van der Waals surface area contributed by atoms with Crippen LogP contribution in [0.4, 0.5) is 0 Å². The smallest absolute Gasteiger partial charge is 0.0689 e. The molecule has 0 aliphatic heterocycles. The summed E-state index contributed by atoms with van der Waals surface area (Å²) in [5.41, 5.74) is -0.463. The number of hydrogen-bond donors (Lipinski definition) is 1. The summed E-state index contributed by atoms with van der Waals surface area (Å²) >= 11 is 0. The van der Waals surface area contributed by atoms with Gasteiger partial charge in [0.15, 0.2) is 0 Å². The molecule has 3 atom stereocenters. The fraction of sp³-hybridized carbons (Fsp3) is 0.867. The Morgan fingerprint density at radius 1 is 1.38 bits per heavy atom. The standard InChI is InChI=1S/C15H26O/c1-5-6-7-10-15(16)11-13(4)8-9-14(15)12(2)3/h12-14,16H,7-11H2,1-4H3. The molecule has 0 saturated heterocycles. The summed E-state index contributed by atoms with van der Waals surface area (Å²) < 4.78 is 0. The molecule has 1 nitrogen and oxygen atoms in total. The quantitative estimate of drug-likeness (QED) is 0.723. The molecule has 1 saturated carbocycles. The first-order valence-corrected chi connectivity index (χ1v) is 6.61. The van der Waals surface area contributed by atoms with E-state index in [4.69, 9.17) is 0 Å². The summed E-state index contributed by atoms with van der Waals surface area (Å²) in [5, 5.41) is 10.8. The molecule has 0 amide bonds. The third-order valence-electron chi connectivity index (χ3n) is 4.03. The van der Waals surface area contributed by atoms with Crippen LogP contribution in [0.15, 0.2) is 0 Å². The Labute approximate surface area is 101 Å². The van der Waals surface area contributed by atoms with Crippen molar-refractivity contribution in [1.82, 2.24) is 0 Å². The molecule has 0 heterocycles. The van der Waals surface area contributed by atoms with Crippen molar-refractivity contribution in [3.05, 3.63) is 0 Å². The highest BCUT2D eigenvalue weighted by atomic mass is 16.3. The molecule has 1 N–H and O–H groups in total. The minimum atomic E-state index is -0.463. The molecule has 92 valence electrons. The molecule has 3 unspecified atom stereocenters. The van der Waals surface area contributed by atoms with E-state index in [1.165, 1.54) is 12.8 Å². The average molecular weight is 222 g/mol. The van der Waals surface area contributed by atoms with Gasteiger partial charge in [-0.2, -0.15) is 0 Å². The Bertz CT molecular complexity index is 271. The van der Waals surface area contributed by atoms with Crippen LogP contribution >= 0.6 is 0 Å². The summed E-state index contributed by atoms with van der Waals surface area (Å²) in [6.07, 6.45) is 5.09.